The molecule has 2 N–H and O–H groups in total. The monoisotopic (exact) mass is 497 g/mol. The fourth-order valence-electron chi connectivity index (χ4n) is 4.52. The van der Waals surface area contributed by atoms with E-state index in [0.29, 0.717) is 13.2 Å². The summed E-state index contributed by atoms with van der Waals surface area (Å²) >= 11 is 3.58. The number of rotatable bonds is 6. The van der Waals surface area contributed by atoms with Gasteiger partial charge in [0.2, 0.25) is 0 Å². The quantitative estimate of drug-likeness (QED) is 0.390. The molecule has 0 atom stereocenters. The van der Waals surface area contributed by atoms with Crippen LogP contribution in [-0.2, 0) is 4.74 Å². The average molecular weight is 498 g/mol. The van der Waals surface area contributed by atoms with E-state index in [1.807, 2.05) is 30.3 Å². The maximum Gasteiger partial charge on any atom is 0.162 e. The van der Waals surface area contributed by atoms with E-state index >= 15 is 0 Å². The van der Waals surface area contributed by atoms with Gasteiger partial charge in [-0.2, -0.15) is 5.10 Å². The molecule has 1 aromatic carbocycles. The van der Waals surface area contributed by atoms with Gasteiger partial charge >= 0.3 is 0 Å². The lowest BCUT2D eigenvalue weighted by atomic mass is 10.1. The molecule has 6 rings (SSSR count). The molecule has 2 aliphatic heterocycles. The summed E-state index contributed by atoms with van der Waals surface area (Å²) in [5.74, 6) is 1.72. The van der Waals surface area contributed by atoms with Crippen LogP contribution in [0.1, 0.15) is 0 Å². The molecule has 0 bridgehead atoms. The van der Waals surface area contributed by atoms with Crippen molar-refractivity contribution in [2.75, 3.05) is 70.5 Å². The number of nitrogens with zero attached hydrogens (tertiary/aromatic N) is 6. The zero-order valence-corrected chi connectivity index (χ0v) is 20.4. The highest BCUT2D eigenvalue weighted by Crippen LogP contribution is 2.40. The molecular weight excluding hydrogens is 470 g/mol. The molecule has 0 aliphatic carbocycles. The second kappa shape index (κ2) is 9.76. The summed E-state index contributed by atoms with van der Waals surface area (Å²) < 4.78 is 10.4. The van der Waals surface area contributed by atoms with E-state index in [1.165, 1.54) is 4.21 Å². The lowest BCUT2D eigenvalue weighted by Crippen LogP contribution is -2.44. The van der Waals surface area contributed by atoms with Crippen molar-refractivity contribution < 1.29 is 9.84 Å². The number of hydrogen-bond acceptors (Lipinski definition) is 10. The van der Waals surface area contributed by atoms with Crippen LogP contribution in [0.4, 0.5) is 5.82 Å². The van der Waals surface area contributed by atoms with Gasteiger partial charge in [0.15, 0.2) is 11.6 Å². The molecule has 5 heterocycles. The Balaban J connectivity index is 1.35. The third-order valence-electron chi connectivity index (χ3n) is 6.33. The van der Waals surface area contributed by atoms with Crippen molar-refractivity contribution in [3.63, 3.8) is 0 Å². The third kappa shape index (κ3) is 4.39. The van der Waals surface area contributed by atoms with Gasteiger partial charge in [0.05, 0.1) is 46.0 Å². The van der Waals surface area contributed by atoms with Gasteiger partial charge in [0.25, 0.3) is 0 Å². The van der Waals surface area contributed by atoms with E-state index in [9.17, 15) is 5.11 Å². The molecule has 34 heavy (non-hydrogen) atoms. The number of hydrogen-bond donors (Lipinski definition) is 2. The topological polar surface area (TPSA) is 93.6 Å². The van der Waals surface area contributed by atoms with Crippen LogP contribution < -0.4 is 4.90 Å². The molecule has 9 nitrogen and oxygen atoms in total. The number of aliphatic hydroxyl groups is 1. The highest BCUT2D eigenvalue weighted by atomic mass is 32.2. The maximum absolute atomic E-state index is 9.20. The molecule has 0 saturated carbocycles. The number of fused-ring (bicyclic) bond motifs is 2. The predicted molar refractivity (Wildman–Crippen MR) is 136 cm³/mol. The Bertz CT molecular complexity index is 1280. The number of aromatic amines is 1. The molecular formula is C23H27N7O2S2. The van der Waals surface area contributed by atoms with Gasteiger partial charge < -0.3 is 14.7 Å². The van der Waals surface area contributed by atoms with Crippen LogP contribution in [0.3, 0.4) is 0 Å². The number of anilines is 1. The standard InChI is InChI=1S/C23H27N7O2S2/c31-11-8-28-4-6-30(7-5-28)34-20-14-19-21(33-20)23(29-9-12-32-13-10-29)26-22(25-19)16-2-1-3-18-17(16)15-24-27-18/h1-3,14-15,31H,4-13H2,(H,24,27). The van der Waals surface area contributed by atoms with Crippen molar-refractivity contribution >= 4 is 50.2 Å². The summed E-state index contributed by atoms with van der Waals surface area (Å²) in [6.45, 7) is 7.98. The fraction of sp³-hybridized carbons (Fsp3) is 0.435. The Morgan fingerprint density at radius 3 is 2.76 bits per heavy atom. The molecule has 2 aliphatic rings. The first-order valence-electron chi connectivity index (χ1n) is 11.6. The van der Waals surface area contributed by atoms with E-state index < -0.39 is 0 Å². The minimum absolute atomic E-state index is 0.224. The van der Waals surface area contributed by atoms with Crippen molar-refractivity contribution in [2.24, 2.45) is 0 Å². The van der Waals surface area contributed by atoms with Gasteiger partial charge in [-0.25, -0.2) is 14.3 Å². The van der Waals surface area contributed by atoms with E-state index in [1.54, 1.807) is 11.3 Å². The first-order valence-corrected chi connectivity index (χ1v) is 13.2. The lowest BCUT2D eigenvalue weighted by molar-refractivity contribution is 0.122. The summed E-state index contributed by atoms with van der Waals surface area (Å²) in [6, 6.07) is 8.31. The number of morpholine rings is 1. The van der Waals surface area contributed by atoms with Crippen LogP contribution in [0, 0.1) is 0 Å². The number of thiophene rings is 1. The Kier molecular flexibility index (Phi) is 6.37. The van der Waals surface area contributed by atoms with Gasteiger partial charge in [-0.1, -0.05) is 12.1 Å². The van der Waals surface area contributed by atoms with E-state index in [0.717, 1.165) is 84.1 Å². The number of β-amino-alcohol motifs (C(OH)–C–C–N with tert-alkyl or cyclic N) is 1. The summed E-state index contributed by atoms with van der Waals surface area (Å²) in [6.07, 6.45) is 1.85. The maximum atomic E-state index is 9.20. The van der Waals surface area contributed by atoms with Crippen LogP contribution in [-0.4, -0.2) is 100 Å². The summed E-state index contributed by atoms with van der Waals surface area (Å²) in [5, 5.41) is 17.5. The van der Waals surface area contributed by atoms with Crippen LogP contribution in [0.2, 0.25) is 0 Å². The van der Waals surface area contributed by atoms with Crippen LogP contribution in [0.15, 0.2) is 34.7 Å². The number of nitrogens with one attached hydrogen (secondary N) is 1. The minimum atomic E-state index is 0.224. The fourth-order valence-corrected chi connectivity index (χ4v) is 6.85. The molecule has 2 saturated heterocycles. The van der Waals surface area contributed by atoms with Gasteiger partial charge in [-0.05, 0) is 24.1 Å². The zero-order valence-electron chi connectivity index (χ0n) is 18.8. The van der Waals surface area contributed by atoms with Crippen LogP contribution in [0.5, 0.6) is 0 Å². The molecule has 0 unspecified atom stereocenters. The largest absolute Gasteiger partial charge is 0.395 e. The zero-order chi connectivity index (χ0) is 22.9. The summed E-state index contributed by atoms with van der Waals surface area (Å²) in [5.41, 5.74) is 2.96. The van der Waals surface area contributed by atoms with Crippen molar-refractivity contribution in [2.45, 2.75) is 4.21 Å². The number of benzene rings is 1. The normalized spacial score (nSPS) is 18.3. The molecule has 0 amide bonds. The predicted octanol–water partition coefficient (Wildman–Crippen LogP) is 2.69. The number of H-pyrrole nitrogens is 1. The van der Waals surface area contributed by atoms with Crippen molar-refractivity contribution in [1.29, 1.82) is 0 Å². The van der Waals surface area contributed by atoms with E-state index in [2.05, 4.69) is 36.4 Å². The Morgan fingerprint density at radius 2 is 1.94 bits per heavy atom. The van der Waals surface area contributed by atoms with Crippen LogP contribution in [0.25, 0.3) is 32.5 Å². The van der Waals surface area contributed by atoms with Crippen molar-refractivity contribution in [1.82, 2.24) is 29.4 Å². The Hall–Kier alpha value is -2.28. The Labute approximate surface area is 205 Å². The van der Waals surface area contributed by atoms with Gasteiger partial charge in [-0.3, -0.25) is 10.00 Å². The minimum Gasteiger partial charge on any atom is -0.395 e. The van der Waals surface area contributed by atoms with E-state index in [4.69, 9.17) is 14.7 Å². The average Bonchev–Trinajstić information content (AvgIpc) is 3.52. The van der Waals surface area contributed by atoms with Gasteiger partial charge in [0, 0.05) is 56.8 Å². The second-order valence-electron chi connectivity index (χ2n) is 8.47. The second-order valence-corrected chi connectivity index (χ2v) is 10.9. The van der Waals surface area contributed by atoms with Gasteiger partial charge in [-0.15, -0.1) is 11.3 Å². The van der Waals surface area contributed by atoms with Gasteiger partial charge in [0.1, 0.15) is 0 Å². The smallest absolute Gasteiger partial charge is 0.162 e. The summed E-state index contributed by atoms with van der Waals surface area (Å²) in [7, 11) is 0. The number of aromatic nitrogens is 4. The van der Waals surface area contributed by atoms with Crippen molar-refractivity contribution in [3.8, 4) is 11.4 Å². The summed E-state index contributed by atoms with van der Waals surface area (Å²) in [4.78, 5) is 14.7. The third-order valence-corrected chi connectivity index (χ3v) is 8.64. The molecule has 11 heteroatoms. The molecule has 0 spiro atoms. The molecule has 178 valence electrons. The lowest BCUT2D eigenvalue weighted by Gasteiger charge is -2.33. The SMILES string of the molecule is OCCN1CCN(Sc2cc3nc(-c4cccc5[nH]ncc45)nc(N4CCOCC4)c3s2)CC1. The highest BCUT2D eigenvalue weighted by Gasteiger charge is 2.23. The van der Waals surface area contributed by atoms with Crippen molar-refractivity contribution in [3.05, 3.63) is 30.5 Å². The van der Waals surface area contributed by atoms with E-state index in [-0.39, 0.29) is 6.61 Å². The highest BCUT2D eigenvalue weighted by molar-refractivity contribution is 7.99. The number of aliphatic hydroxyl groups excluding tert-OH is 1. The number of piperazine rings is 1. The molecule has 0 radical (unpaired) electrons. The first-order chi connectivity index (χ1) is 16.8. The molecule has 2 fully saturated rings. The number of ether oxygens (including phenoxy) is 1. The molecule has 3 aromatic heterocycles. The Morgan fingerprint density at radius 1 is 1.09 bits per heavy atom. The first kappa shape index (κ1) is 22.2. The van der Waals surface area contributed by atoms with Crippen LogP contribution >= 0.6 is 23.3 Å². The molecule has 4 aromatic rings.